The van der Waals surface area contributed by atoms with Crippen molar-refractivity contribution in [1.29, 1.82) is 0 Å². The molecule has 17 heavy (non-hydrogen) atoms. The van der Waals surface area contributed by atoms with Gasteiger partial charge in [0.15, 0.2) is 0 Å². The van der Waals surface area contributed by atoms with Gasteiger partial charge in [0, 0.05) is 12.7 Å². The van der Waals surface area contributed by atoms with Crippen LogP contribution in [-0.4, -0.2) is 11.5 Å². The molecular weight excluding hydrogens is 208 g/mol. The van der Waals surface area contributed by atoms with Gasteiger partial charge < -0.3 is 5.32 Å². The first kappa shape index (κ1) is 12.4. The van der Waals surface area contributed by atoms with Gasteiger partial charge in [-0.1, -0.05) is 33.8 Å². The van der Waals surface area contributed by atoms with Gasteiger partial charge in [-0.15, -0.1) is 0 Å². The van der Waals surface area contributed by atoms with E-state index in [9.17, 15) is 0 Å². The molecule has 2 nitrogen and oxygen atoms in total. The summed E-state index contributed by atoms with van der Waals surface area (Å²) < 4.78 is 0. The maximum atomic E-state index is 4.49. The van der Waals surface area contributed by atoms with Gasteiger partial charge in [0.2, 0.25) is 0 Å². The first-order chi connectivity index (χ1) is 7.97. The first-order valence-electron chi connectivity index (χ1n) is 6.67. The fourth-order valence-corrected chi connectivity index (χ4v) is 2.04. The molecular formula is C15H24N2. The van der Waals surface area contributed by atoms with Gasteiger partial charge in [0.05, 0.1) is 0 Å². The van der Waals surface area contributed by atoms with Gasteiger partial charge >= 0.3 is 0 Å². The maximum absolute atomic E-state index is 4.49. The summed E-state index contributed by atoms with van der Waals surface area (Å²) in [5, 5.41) is 3.43. The third kappa shape index (κ3) is 3.45. The molecule has 0 spiro atoms. The van der Waals surface area contributed by atoms with E-state index >= 15 is 0 Å². The van der Waals surface area contributed by atoms with Crippen LogP contribution in [-0.2, 0) is 5.41 Å². The lowest BCUT2D eigenvalue weighted by molar-refractivity contribution is 0.535. The van der Waals surface area contributed by atoms with Gasteiger partial charge in [0.25, 0.3) is 0 Å². The summed E-state index contributed by atoms with van der Waals surface area (Å²) in [6, 6.07) is 4.28. The van der Waals surface area contributed by atoms with Crippen LogP contribution in [0.4, 0.5) is 5.82 Å². The standard InChI is InChI=1S/C15H24N2/c1-11(12-5-6-12)9-16-14-8-7-13(10-17-14)15(2,3)4/h7-8,10-12H,5-6,9H2,1-4H3,(H,16,17). The third-order valence-corrected chi connectivity index (χ3v) is 3.66. The lowest BCUT2D eigenvalue weighted by atomic mass is 9.88. The van der Waals surface area contributed by atoms with E-state index in [1.54, 1.807) is 0 Å². The Balaban J connectivity index is 1.89. The molecule has 1 N–H and O–H groups in total. The molecule has 0 radical (unpaired) electrons. The van der Waals surface area contributed by atoms with Crippen LogP contribution in [0, 0.1) is 11.8 Å². The maximum Gasteiger partial charge on any atom is 0.125 e. The Morgan fingerprint density at radius 1 is 1.35 bits per heavy atom. The zero-order valence-electron chi connectivity index (χ0n) is 11.5. The van der Waals surface area contributed by atoms with E-state index in [2.05, 4.69) is 50.1 Å². The van der Waals surface area contributed by atoms with Crippen molar-refractivity contribution in [3.05, 3.63) is 23.9 Å². The summed E-state index contributed by atoms with van der Waals surface area (Å²) in [7, 11) is 0. The van der Waals surface area contributed by atoms with Crippen LogP contribution in [0.5, 0.6) is 0 Å². The van der Waals surface area contributed by atoms with E-state index in [1.165, 1.54) is 18.4 Å². The van der Waals surface area contributed by atoms with Crippen molar-refractivity contribution in [1.82, 2.24) is 4.98 Å². The highest BCUT2D eigenvalue weighted by atomic mass is 15.0. The molecule has 1 unspecified atom stereocenters. The second-order valence-electron chi connectivity index (χ2n) is 6.38. The summed E-state index contributed by atoms with van der Waals surface area (Å²) in [5.41, 5.74) is 1.48. The summed E-state index contributed by atoms with van der Waals surface area (Å²) >= 11 is 0. The predicted molar refractivity (Wildman–Crippen MR) is 73.3 cm³/mol. The average molecular weight is 232 g/mol. The van der Waals surface area contributed by atoms with E-state index in [-0.39, 0.29) is 5.41 Å². The molecule has 0 aliphatic heterocycles. The largest absolute Gasteiger partial charge is 0.370 e. The van der Waals surface area contributed by atoms with Crippen LogP contribution in [0.2, 0.25) is 0 Å². The van der Waals surface area contributed by atoms with Crippen molar-refractivity contribution in [2.24, 2.45) is 11.8 Å². The molecule has 0 aromatic carbocycles. The zero-order valence-corrected chi connectivity index (χ0v) is 11.5. The van der Waals surface area contributed by atoms with Crippen molar-refractivity contribution in [2.45, 2.75) is 46.0 Å². The molecule has 0 bridgehead atoms. The van der Waals surface area contributed by atoms with Gasteiger partial charge in [0.1, 0.15) is 5.82 Å². The fourth-order valence-electron chi connectivity index (χ4n) is 2.04. The second kappa shape index (κ2) is 4.67. The summed E-state index contributed by atoms with van der Waals surface area (Å²) in [6.45, 7) is 10.0. The van der Waals surface area contributed by atoms with Crippen LogP contribution < -0.4 is 5.32 Å². The highest BCUT2D eigenvalue weighted by Gasteiger charge is 2.27. The van der Waals surface area contributed by atoms with E-state index in [0.29, 0.717) is 0 Å². The van der Waals surface area contributed by atoms with E-state index in [0.717, 1.165) is 24.2 Å². The van der Waals surface area contributed by atoms with E-state index in [4.69, 9.17) is 0 Å². The van der Waals surface area contributed by atoms with Gasteiger partial charge in [-0.05, 0) is 41.7 Å². The van der Waals surface area contributed by atoms with Gasteiger partial charge in [-0.25, -0.2) is 4.98 Å². The smallest absolute Gasteiger partial charge is 0.125 e. The lowest BCUT2D eigenvalue weighted by Gasteiger charge is -2.19. The topological polar surface area (TPSA) is 24.9 Å². The van der Waals surface area contributed by atoms with Crippen LogP contribution >= 0.6 is 0 Å². The minimum absolute atomic E-state index is 0.187. The minimum atomic E-state index is 0.187. The number of anilines is 1. The number of nitrogens with one attached hydrogen (secondary N) is 1. The summed E-state index contributed by atoms with van der Waals surface area (Å²) in [5.74, 6) is 2.74. The number of hydrogen-bond donors (Lipinski definition) is 1. The number of rotatable bonds is 4. The molecule has 1 aromatic rings. The SMILES string of the molecule is CC(CNc1ccc(C(C)(C)C)cn1)C1CC1. The minimum Gasteiger partial charge on any atom is -0.370 e. The molecule has 1 atom stereocenters. The monoisotopic (exact) mass is 232 g/mol. The molecule has 94 valence electrons. The quantitative estimate of drug-likeness (QED) is 0.853. The van der Waals surface area contributed by atoms with E-state index < -0.39 is 0 Å². The third-order valence-electron chi connectivity index (χ3n) is 3.66. The number of pyridine rings is 1. The van der Waals surface area contributed by atoms with Crippen LogP contribution in [0.1, 0.15) is 46.1 Å². The molecule has 1 aromatic heterocycles. The molecule has 1 fully saturated rings. The van der Waals surface area contributed by atoms with Crippen molar-refractivity contribution < 1.29 is 0 Å². The molecule has 1 aliphatic rings. The normalized spacial score (nSPS) is 17.9. The Morgan fingerprint density at radius 2 is 2.06 bits per heavy atom. The highest BCUT2D eigenvalue weighted by molar-refractivity contribution is 5.37. The van der Waals surface area contributed by atoms with Crippen molar-refractivity contribution in [3.8, 4) is 0 Å². The molecule has 1 aliphatic carbocycles. The van der Waals surface area contributed by atoms with Crippen LogP contribution in [0.3, 0.4) is 0 Å². The Kier molecular flexibility index (Phi) is 3.41. The van der Waals surface area contributed by atoms with Crippen molar-refractivity contribution >= 4 is 5.82 Å². The number of nitrogens with zero attached hydrogens (tertiary/aromatic N) is 1. The summed E-state index contributed by atoms with van der Waals surface area (Å²) in [6.07, 6.45) is 4.82. The first-order valence-corrected chi connectivity index (χ1v) is 6.67. The molecule has 2 rings (SSSR count). The Labute approximate surface area is 105 Å². The van der Waals surface area contributed by atoms with Crippen molar-refractivity contribution in [3.63, 3.8) is 0 Å². The van der Waals surface area contributed by atoms with E-state index in [1.807, 2.05) is 6.20 Å². The molecule has 1 heterocycles. The lowest BCUT2D eigenvalue weighted by Crippen LogP contribution is -2.15. The zero-order chi connectivity index (χ0) is 12.5. The Hall–Kier alpha value is -1.05. The predicted octanol–water partition coefficient (Wildman–Crippen LogP) is 3.84. The molecule has 0 amide bonds. The highest BCUT2D eigenvalue weighted by Crippen LogP contribution is 2.36. The number of hydrogen-bond acceptors (Lipinski definition) is 2. The van der Waals surface area contributed by atoms with Crippen LogP contribution in [0.25, 0.3) is 0 Å². The summed E-state index contributed by atoms with van der Waals surface area (Å²) in [4.78, 5) is 4.49. The second-order valence-corrected chi connectivity index (χ2v) is 6.38. The number of aromatic nitrogens is 1. The fraction of sp³-hybridized carbons (Fsp3) is 0.667. The Bertz CT molecular complexity index is 358. The van der Waals surface area contributed by atoms with Gasteiger partial charge in [-0.2, -0.15) is 0 Å². The molecule has 1 saturated carbocycles. The molecule has 0 saturated heterocycles. The Morgan fingerprint density at radius 3 is 2.53 bits per heavy atom. The molecule has 2 heteroatoms. The average Bonchev–Trinajstić information content (AvgIpc) is 3.09. The van der Waals surface area contributed by atoms with Gasteiger partial charge in [-0.3, -0.25) is 0 Å². The van der Waals surface area contributed by atoms with Crippen molar-refractivity contribution in [2.75, 3.05) is 11.9 Å². The van der Waals surface area contributed by atoms with Crippen LogP contribution in [0.15, 0.2) is 18.3 Å².